The lowest BCUT2D eigenvalue weighted by atomic mass is 9.92. The van der Waals surface area contributed by atoms with Crippen LogP contribution in [0.25, 0.3) is 0 Å². The monoisotopic (exact) mass is 318 g/mol. The molecule has 4 heteroatoms. The summed E-state index contributed by atoms with van der Waals surface area (Å²) >= 11 is 0. The fraction of sp³-hybridized carbons (Fsp3) is 0.632. The van der Waals surface area contributed by atoms with Crippen LogP contribution < -0.4 is 11.1 Å². The first-order chi connectivity index (χ1) is 11.1. The first-order valence-corrected chi connectivity index (χ1v) is 8.80. The Bertz CT molecular complexity index is 481. The molecule has 2 rings (SSSR count). The van der Waals surface area contributed by atoms with Crippen LogP contribution in [-0.2, 0) is 15.1 Å². The molecule has 1 aromatic rings. The Kier molecular flexibility index (Phi) is 6.60. The number of nitrogens with two attached hydrogens (primary N) is 1. The van der Waals surface area contributed by atoms with E-state index in [2.05, 4.69) is 5.32 Å². The number of nitrogens with one attached hydrogen (secondary N) is 1. The largest absolute Gasteiger partial charge is 0.378 e. The van der Waals surface area contributed by atoms with Gasteiger partial charge in [-0.05, 0) is 44.6 Å². The first kappa shape index (κ1) is 18.0. The molecule has 4 nitrogen and oxygen atoms in total. The highest BCUT2D eigenvalue weighted by Crippen LogP contribution is 2.30. The van der Waals surface area contributed by atoms with E-state index in [1.54, 1.807) is 6.92 Å². The lowest BCUT2D eigenvalue weighted by molar-refractivity contribution is -0.126. The second-order valence-electron chi connectivity index (χ2n) is 6.65. The van der Waals surface area contributed by atoms with Gasteiger partial charge in [-0.3, -0.25) is 4.79 Å². The van der Waals surface area contributed by atoms with Gasteiger partial charge in [-0.2, -0.15) is 0 Å². The fourth-order valence-corrected chi connectivity index (χ4v) is 3.43. The van der Waals surface area contributed by atoms with Gasteiger partial charge in [0, 0.05) is 13.2 Å². The Labute approximate surface area is 139 Å². The number of carbonyl (C=O) groups excluding carboxylic acids is 1. The summed E-state index contributed by atoms with van der Waals surface area (Å²) in [6.45, 7) is 5.13. The Morgan fingerprint density at radius 1 is 1.35 bits per heavy atom. The SMILES string of the molecule is CCOC(CCNC(=O)C(C)(N)c1ccccc1)C1CCCC1. The van der Waals surface area contributed by atoms with Crippen LogP contribution in [0.15, 0.2) is 30.3 Å². The number of benzene rings is 1. The summed E-state index contributed by atoms with van der Waals surface area (Å²) in [4.78, 5) is 12.4. The molecule has 0 spiro atoms. The molecule has 1 aromatic carbocycles. The van der Waals surface area contributed by atoms with E-state index in [-0.39, 0.29) is 12.0 Å². The maximum Gasteiger partial charge on any atom is 0.244 e. The number of amides is 1. The molecule has 2 unspecified atom stereocenters. The van der Waals surface area contributed by atoms with Gasteiger partial charge < -0.3 is 15.8 Å². The molecule has 3 N–H and O–H groups in total. The summed E-state index contributed by atoms with van der Waals surface area (Å²) < 4.78 is 5.90. The van der Waals surface area contributed by atoms with E-state index < -0.39 is 5.54 Å². The number of hydrogen-bond acceptors (Lipinski definition) is 3. The van der Waals surface area contributed by atoms with Crippen LogP contribution in [0.1, 0.15) is 51.5 Å². The zero-order chi connectivity index (χ0) is 16.7. The topological polar surface area (TPSA) is 64.3 Å². The third-order valence-corrected chi connectivity index (χ3v) is 4.87. The van der Waals surface area contributed by atoms with Crippen LogP contribution in [-0.4, -0.2) is 25.2 Å². The van der Waals surface area contributed by atoms with Crippen LogP contribution in [0.4, 0.5) is 0 Å². The maximum atomic E-state index is 12.4. The predicted octanol–water partition coefficient (Wildman–Crippen LogP) is 2.96. The predicted molar refractivity (Wildman–Crippen MR) is 93.0 cm³/mol. The van der Waals surface area contributed by atoms with Crippen LogP contribution in [0.2, 0.25) is 0 Å². The van der Waals surface area contributed by atoms with Crippen molar-refractivity contribution in [2.45, 2.75) is 57.6 Å². The van der Waals surface area contributed by atoms with Crippen molar-refractivity contribution in [2.75, 3.05) is 13.2 Å². The highest BCUT2D eigenvalue weighted by atomic mass is 16.5. The van der Waals surface area contributed by atoms with Gasteiger partial charge in [0.05, 0.1) is 6.10 Å². The maximum absolute atomic E-state index is 12.4. The molecule has 0 saturated heterocycles. The average Bonchev–Trinajstić information content (AvgIpc) is 3.09. The average molecular weight is 318 g/mol. The minimum atomic E-state index is -1.00. The van der Waals surface area contributed by atoms with Crippen molar-refractivity contribution in [3.05, 3.63) is 35.9 Å². The molecule has 1 aliphatic rings. The second-order valence-corrected chi connectivity index (χ2v) is 6.65. The van der Waals surface area contributed by atoms with Crippen LogP contribution >= 0.6 is 0 Å². The van der Waals surface area contributed by atoms with E-state index in [0.717, 1.165) is 18.6 Å². The van der Waals surface area contributed by atoms with Gasteiger partial charge >= 0.3 is 0 Å². The second kappa shape index (κ2) is 8.46. The molecule has 0 bridgehead atoms. The van der Waals surface area contributed by atoms with E-state index in [1.165, 1.54) is 25.7 Å². The lowest BCUT2D eigenvalue weighted by Crippen LogP contribution is -2.49. The third-order valence-electron chi connectivity index (χ3n) is 4.87. The summed E-state index contributed by atoms with van der Waals surface area (Å²) in [5.41, 5.74) is 6.06. The van der Waals surface area contributed by atoms with Gasteiger partial charge in [0.25, 0.3) is 0 Å². The highest BCUT2D eigenvalue weighted by Gasteiger charge is 2.31. The zero-order valence-corrected chi connectivity index (χ0v) is 14.4. The first-order valence-electron chi connectivity index (χ1n) is 8.80. The van der Waals surface area contributed by atoms with Crippen molar-refractivity contribution in [1.82, 2.24) is 5.32 Å². The van der Waals surface area contributed by atoms with E-state index in [4.69, 9.17) is 10.5 Å². The Morgan fingerprint density at radius 2 is 2.00 bits per heavy atom. The van der Waals surface area contributed by atoms with Gasteiger partial charge in [-0.1, -0.05) is 43.2 Å². The van der Waals surface area contributed by atoms with Crippen molar-refractivity contribution >= 4 is 5.91 Å². The van der Waals surface area contributed by atoms with Gasteiger partial charge in [-0.15, -0.1) is 0 Å². The number of carbonyl (C=O) groups is 1. The van der Waals surface area contributed by atoms with Crippen molar-refractivity contribution < 1.29 is 9.53 Å². The standard InChI is InChI=1S/C19H30N2O2/c1-3-23-17(15-9-7-8-10-15)13-14-21-18(22)19(2,20)16-11-5-4-6-12-16/h4-6,11-12,15,17H,3,7-10,13-14,20H2,1-2H3,(H,21,22). The van der Waals surface area contributed by atoms with E-state index in [9.17, 15) is 4.79 Å². The molecule has 1 fully saturated rings. The molecule has 1 aliphatic carbocycles. The molecule has 23 heavy (non-hydrogen) atoms. The molecule has 2 atom stereocenters. The lowest BCUT2D eigenvalue weighted by Gasteiger charge is -2.26. The molecule has 1 saturated carbocycles. The fourth-order valence-electron chi connectivity index (χ4n) is 3.43. The molecule has 128 valence electrons. The highest BCUT2D eigenvalue weighted by molar-refractivity contribution is 5.86. The van der Waals surface area contributed by atoms with Crippen molar-refractivity contribution in [1.29, 1.82) is 0 Å². The molecule has 0 radical (unpaired) electrons. The number of rotatable bonds is 8. The summed E-state index contributed by atoms with van der Waals surface area (Å²) in [6, 6.07) is 9.51. The smallest absolute Gasteiger partial charge is 0.244 e. The summed E-state index contributed by atoms with van der Waals surface area (Å²) in [5, 5.41) is 2.99. The zero-order valence-electron chi connectivity index (χ0n) is 14.4. The van der Waals surface area contributed by atoms with Gasteiger partial charge in [0.2, 0.25) is 5.91 Å². The molecular weight excluding hydrogens is 288 g/mol. The van der Waals surface area contributed by atoms with Crippen molar-refractivity contribution in [3.63, 3.8) is 0 Å². The molecule has 0 aromatic heterocycles. The summed E-state index contributed by atoms with van der Waals surface area (Å²) in [5.74, 6) is 0.510. The van der Waals surface area contributed by atoms with E-state index in [0.29, 0.717) is 12.5 Å². The van der Waals surface area contributed by atoms with Crippen LogP contribution in [0.5, 0.6) is 0 Å². The molecule has 0 aliphatic heterocycles. The molecular formula is C19H30N2O2. The number of ether oxygens (including phenoxy) is 1. The minimum absolute atomic E-state index is 0.134. The Balaban J connectivity index is 1.85. The van der Waals surface area contributed by atoms with Crippen molar-refractivity contribution in [2.24, 2.45) is 11.7 Å². The molecule has 1 amide bonds. The Hall–Kier alpha value is -1.39. The quantitative estimate of drug-likeness (QED) is 0.774. The van der Waals surface area contributed by atoms with Crippen LogP contribution in [0, 0.1) is 5.92 Å². The van der Waals surface area contributed by atoms with Crippen molar-refractivity contribution in [3.8, 4) is 0 Å². The van der Waals surface area contributed by atoms with Gasteiger partial charge in [0.1, 0.15) is 5.54 Å². The normalized spacial score (nSPS) is 19.3. The summed E-state index contributed by atoms with van der Waals surface area (Å²) in [6.07, 6.45) is 6.21. The summed E-state index contributed by atoms with van der Waals surface area (Å²) in [7, 11) is 0. The van der Waals surface area contributed by atoms with Gasteiger partial charge in [-0.25, -0.2) is 0 Å². The van der Waals surface area contributed by atoms with Crippen LogP contribution in [0.3, 0.4) is 0 Å². The van der Waals surface area contributed by atoms with E-state index in [1.807, 2.05) is 37.3 Å². The van der Waals surface area contributed by atoms with Gasteiger partial charge in [0.15, 0.2) is 0 Å². The Morgan fingerprint density at radius 3 is 2.61 bits per heavy atom. The third kappa shape index (κ3) is 4.79. The number of hydrogen-bond donors (Lipinski definition) is 2. The van der Waals surface area contributed by atoms with E-state index >= 15 is 0 Å². The molecule has 0 heterocycles. The minimum Gasteiger partial charge on any atom is -0.378 e.